The molecule has 1 fully saturated rings. The first-order valence-electron chi connectivity index (χ1n) is 8.82. The van der Waals surface area contributed by atoms with E-state index in [0.717, 1.165) is 18.4 Å². The Morgan fingerprint density at radius 1 is 1.31 bits per heavy atom. The van der Waals surface area contributed by atoms with E-state index in [1.54, 1.807) is 30.8 Å². The zero-order chi connectivity index (χ0) is 18.7. The monoisotopic (exact) mass is 363 g/mol. The van der Waals surface area contributed by atoms with Crippen LogP contribution in [0.15, 0.2) is 18.2 Å². The van der Waals surface area contributed by atoms with Crippen molar-refractivity contribution in [3.8, 4) is 5.75 Å². The van der Waals surface area contributed by atoms with Gasteiger partial charge in [0.15, 0.2) is 0 Å². The van der Waals surface area contributed by atoms with Crippen LogP contribution in [0.5, 0.6) is 5.75 Å². The maximum atomic E-state index is 13.0. The van der Waals surface area contributed by atoms with Gasteiger partial charge in [-0.05, 0) is 31.9 Å². The Kier molecular flexibility index (Phi) is 5.63. The highest BCUT2D eigenvalue weighted by Crippen LogP contribution is 2.28. The lowest BCUT2D eigenvalue weighted by molar-refractivity contribution is 0.0407. The molecule has 0 unspecified atom stereocenters. The number of ether oxygens (including phenoxy) is 2. The van der Waals surface area contributed by atoms with Crippen molar-refractivity contribution < 1.29 is 24.3 Å². The lowest BCUT2D eigenvalue weighted by atomic mass is 10.1. The van der Waals surface area contributed by atoms with Gasteiger partial charge in [-0.3, -0.25) is 10.0 Å². The number of hydrogen-bond donors (Lipinski definition) is 2. The number of likely N-dealkylation sites (tertiary alicyclic amines) is 1. The normalized spacial score (nSPS) is 20.8. The fourth-order valence-electron chi connectivity index (χ4n) is 3.39. The Hall–Kier alpha value is -2.32. The molecule has 1 aromatic carbocycles. The van der Waals surface area contributed by atoms with Crippen LogP contribution in [-0.4, -0.2) is 65.9 Å². The first kappa shape index (κ1) is 18.5. The number of nitrogens with zero attached hydrogens (tertiary/aromatic N) is 2. The van der Waals surface area contributed by atoms with Crippen LogP contribution >= 0.6 is 0 Å². The Labute approximate surface area is 152 Å². The van der Waals surface area contributed by atoms with Crippen molar-refractivity contribution >= 4 is 11.9 Å². The summed E-state index contributed by atoms with van der Waals surface area (Å²) >= 11 is 0. The average molecular weight is 363 g/mol. The van der Waals surface area contributed by atoms with Crippen molar-refractivity contribution in [3.63, 3.8) is 0 Å². The van der Waals surface area contributed by atoms with E-state index in [-0.39, 0.29) is 18.2 Å². The van der Waals surface area contributed by atoms with E-state index < -0.39 is 5.91 Å². The Bertz CT molecular complexity index is 673. The van der Waals surface area contributed by atoms with Gasteiger partial charge in [-0.15, -0.1) is 0 Å². The number of hydroxylamine groups is 1. The second kappa shape index (κ2) is 7.92. The molecule has 2 aliphatic heterocycles. The number of carbonyl (C=O) groups is 2. The number of benzene rings is 1. The molecule has 1 saturated heterocycles. The minimum absolute atomic E-state index is 0.000630. The molecule has 2 aliphatic rings. The highest BCUT2D eigenvalue weighted by Gasteiger charge is 2.31. The van der Waals surface area contributed by atoms with E-state index in [0.29, 0.717) is 37.6 Å². The van der Waals surface area contributed by atoms with Crippen LogP contribution in [0.2, 0.25) is 0 Å². The summed E-state index contributed by atoms with van der Waals surface area (Å²) in [5, 5.41) is 8.78. The molecule has 1 aromatic rings. The number of amides is 3. The number of rotatable bonds is 2. The Morgan fingerprint density at radius 3 is 2.69 bits per heavy atom. The summed E-state index contributed by atoms with van der Waals surface area (Å²) in [5.74, 6) is -0.0333. The van der Waals surface area contributed by atoms with Gasteiger partial charge in [-0.2, -0.15) is 0 Å². The highest BCUT2D eigenvalue weighted by atomic mass is 16.5. The smallest absolute Gasteiger partial charge is 0.320 e. The minimum atomic E-state index is -0.595. The molecule has 0 bridgehead atoms. The number of nitrogens with one attached hydrogen (secondary N) is 1. The van der Waals surface area contributed by atoms with Crippen molar-refractivity contribution in [2.24, 2.45) is 0 Å². The molecule has 0 radical (unpaired) electrons. The van der Waals surface area contributed by atoms with Crippen LogP contribution in [0.3, 0.4) is 0 Å². The number of urea groups is 1. The van der Waals surface area contributed by atoms with Gasteiger partial charge in [-0.1, -0.05) is 6.07 Å². The third-order valence-electron chi connectivity index (χ3n) is 5.08. The molecular weight excluding hydrogens is 338 g/mol. The van der Waals surface area contributed by atoms with Crippen molar-refractivity contribution in [1.82, 2.24) is 15.3 Å². The number of methoxy groups -OCH3 is 1. The number of piperidine rings is 1. The number of carbonyl (C=O) groups excluding carboxylic acids is 2. The van der Waals surface area contributed by atoms with Crippen molar-refractivity contribution in [1.29, 1.82) is 0 Å². The van der Waals surface area contributed by atoms with Gasteiger partial charge in [0.25, 0.3) is 5.91 Å². The second-order valence-corrected chi connectivity index (χ2v) is 6.76. The molecule has 0 saturated carbocycles. The molecule has 142 valence electrons. The lowest BCUT2D eigenvalue weighted by Gasteiger charge is -2.36. The third kappa shape index (κ3) is 3.76. The van der Waals surface area contributed by atoms with E-state index in [4.69, 9.17) is 14.7 Å². The number of fused-ring (bicyclic) bond motifs is 1. The molecule has 26 heavy (non-hydrogen) atoms. The van der Waals surface area contributed by atoms with Crippen molar-refractivity contribution in [2.45, 2.75) is 38.5 Å². The molecular formula is C18H25N3O5. The first-order chi connectivity index (χ1) is 12.5. The summed E-state index contributed by atoms with van der Waals surface area (Å²) in [5.41, 5.74) is 2.76. The molecule has 2 N–H and O–H groups in total. The predicted octanol–water partition coefficient (Wildman–Crippen LogP) is 1.62. The van der Waals surface area contributed by atoms with E-state index in [9.17, 15) is 9.59 Å². The van der Waals surface area contributed by atoms with Gasteiger partial charge in [0.1, 0.15) is 12.4 Å². The third-order valence-corrected chi connectivity index (χ3v) is 5.08. The van der Waals surface area contributed by atoms with Crippen LogP contribution in [0.25, 0.3) is 0 Å². The summed E-state index contributed by atoms with van der Waals surface area (Å²) in [7, 11) is 1.71. The molecule has 3 amide bonds. The van der Waals surface area contributed by atoms with Crippen LogP contribution in [0, 0.1) is 0 Å². The van der Waals surface area contributed by atoms with Crippen molar-refractivity contribution in [3.05, 3.63) is 29.3 Å². The fraction of sp³-hybridized carbons (Fsp3) is 0.556. The summed E-state index contributed by atoms with van der Waals surface area (Å²) in [6.45, 7) is 4.08. The summed E-state index contributed by atoms with van der Waals surface area (Å²) in [6, 6.07) is 4.86. The topological polar surface area (TPSA) is 91.3 Å². The van der Waals surface area contributed by atoms with Crippen LogP contribution in [0.4, 0.5) is 4.79 Å². The highest BCUT2D eigenvalue weighted by molar-refractivity contribution is 5.93. The van der Waals surface area contributed by atoms with Gasteiger partial charge in [0.05, 0.1) is 18.7 Å². The molecule has 0 aliphatic carbocycles. The number of hydrogen-bond acceptors (Lipinski definition) is 5. The zero-order valence-corrected chi connectivity index (χ0v) is 15.1. The summed E-state index contributed by atoms with van der Waals surface area (Å²) in [6.07, 6.45) is 1.91. The fourth-order valence-corrected chi connectivity index (χ4v) is 3.39. The molecule has 1 atom stereocenters. The molecule has 8 nitrogen and oxygen atoms in total. The van der Waals surface area contributed by atoms with Gasteiger partial charge >= 0.3 is 6.03 Å². The van der Waals surface area contributed by atoms with E-state index in [1.165, 1.54) is 0 Å². The summed E-state index contributed by atoms with van der Waals surface area (Å²) in [4.78, 5) is 28.3. The molecule has 0 spiro atoms. The Morgan fingerprint density at radius 2 is 2.04 bits per heavy atom. The van der Waals surface area contributed by atoms with Crippen molar-refractivity contribution in [2.75, 3.05) is 26.8 Å². The zero-order valence-electron chi connectivity index (χ0n) is 15.1. The van der Waals surface area contributed by atoms with Gasteiger partial charge in [0.2, 0.25) is 0 Å². The van der Waals surface area contributed by atoms with Gasteiger partial charge < -0.3 is 19.3 Å². The van der Waals surface area contributed by atoms with E-state index in [1.807, 2.05) is 16.7 Å². The second-order valence-electron chi connectivity index (χ2n) is 6.76. The SMILES string of the molecule is COC1CCN(C(=O)N2Cc3ccc(C(=O)NO)cc3OC[C@@H]2C)CC1. The summed E-state index contributed by atoms with van der Waals surface area (Å²) < 4.78 is 11.2. The Balaban J connectivity index is 1.75. The van der Waals surface area contributed by atoms with Gasteiger partial charge in [0, 0.05) is 31.3 Å². The molecule has 2 heterocycles. The van der Waals surface area contributed by atoms with Crippen LogP contribution in [0.1, 0.15) is 35.7 Å². The van der Waals surface area contributed by atoms with Crippen LogP contribution in [-0.2, 0) is 11.3 Å². The standard InChI is InChI=1S/C18H25N3O5/c1-12-11-26-16-9-13(17(22)19-24)3-4-14(16)10-21(12)18(23)20-7-5-15(25-2)6-8-20/h3-4,9,12,15,24H,5-8,10-11H2,1-2H3,(H,19,22)/t12-/m0/s1. The molecule has 0 aromatic heterocycles. The largest absolute Gasteiger partial charge is 0.491 e. The quantitative estimate of drug-likeness (QED) is 0.615. The molecule has 8 heteroatoms. The van der Waals surface area contributed by atoms with E-state index in [2.05, 4.69) is 0 Å². The molecule has 3 rings (SSSR count). The first-order valence-corrected chi connectivity index (χ1v) is 8.82. The minimum Gasteiger partial charge on any atom is -0.491 e. The maximum absolute atomic E-state index is 13.0. The maximum Gasteiger partial charge on any atom is 0.320 e. The van der Waals surface area contributed by atoms with Gasteiger partial charge in [-0.25, -0.2) is 10.3 Å². The lowest BCUT2D eigenvalue weighted by Crippen LogP contribution is -2.50. The predicted molar refractivity (Wildman–Crippen MR) is 93.2 cm³/mol. The average Bonchev–Trinajstić information content (AvgIpc) is 2.85. The van der Waals surface area contributed by atoms with Crippen LogP contribution < -0.4 is 10.2 Å². The van der Waals surface area contributed by atoms with E-state index >= 15 is 0 Å².